The standard InChI is InChI=1S/C13H19NO/c1-6-8-10(3)13(15)12(5)14-11(4)9-7-2/h6-7,9,15H,1-2,8H2,3-5H3/b11-9+,13-10-,14-12+. The number of hydrogen-bond donors (Lipinski definition) is 1. The second-order valence-electron chi connectivity index (χ2n) is 3.36. The van der Waals surface area contributed by atoms with Gasteiger partial charge in [-0.15, -0.1) is 6.58 Å². The molecule has 2 heteroatoms. The van der Waals surface area contributed by atoms with Gasteiger partial charge in [0.15, 0.2) is 0 Å². The predicted molar refractivity (Wildman–Crippen MR) is 67.2 cm³/mol. The lowest BCUT2D eigenvalue weighted by Gasteiger charge is -2.04. The Bertz CT molecular complexity index is 332. The van der Waals surface area contributed by atoms with Crippen LogP contribution in [0.25, 0.3) is 0 Å². The highest BCUT2D eigenvalue weighted by Crippen LogP contribution is 2.09. The van der Waals surface area contributed by atoms with Gasteiger partial charge in [0.25, 0.3) is 0 Å². The van der Waals surface area contributed by atoms with Gasteiger partial charge in [0, 0.05) is 5.70 Å². The Hall–Kier alpha value is -1.57. The highest BCUT2D eigenvalue weighted by molar-refractivity contribution is 5.97. The maximum atomic E-state index is 9.78. The molecule has 0 aliphatic heterocycles. The van der Waals surface area contributed by atoms with Gasteiger partial charge in [0.1, 0.15) is 5.76 Å². The molecule has 0 saturated heterocycles. The molecule has 0 aromatic rings. The van der Waals surface area contributed by atoms with Crippen LogP contribution in [-0.2, 0) is 0 Å². The minimum atomic E-state index is 0.242. The minimum absolute atomic E-state index is 0.242. The molecule has 0 spiro atoms. The molecule has 0 bridgehead atoms. The van der Waals surface area contributed by atoms with E-state index in [-0.39, 0.29) is 5.76 Å². The Morgan fingerprint density at radius 2 is 1.87 bits per heavy atom. The fourth-order valence-corrected chi connectivity index (χ4v) is 1.15. The van der Waals surface area contributed by atoms with Crippen molar-refractivity contribution < 1.29 is 5.11 Å². The van der Waals surface area contributed by atoms with Gasteiger partial charge in [0.2, 0.25) is 0 Å². The molecular weight excluding hydrogens is 186 g/mol. The third kappa shape index (κ3) is 5.01. The number of allylic oxidation sites excluding steroid dienone is 6. The molecule has 0 aromatic heterocycles. The molecule has 1 N–H and O–H groups in total. The summed E-state index contributed by atoms with van der Waals surface area (Å²) < 4.78 is 0. The predicted octanol–water partition coefficient (Wildman–Crippen LogP) is 3.95. The van der Waals surface area contributed by atoms with Crippen molar-refractivity contribution >= 4 is 5.71 Å². The molecule has 0 aliphatic rings. The van der Waals surface area contributed by atoms with Gasteiger partial charge in [-0.25, -0.2) is 0 Å². The van der Waals surface area contributed by atoms with Gasteiger partial charge in [-0.05, 0) is 38.8 Å². The Balaban J connectivity index is 4.91. The number of rotatable bonds is 5. The van der Waals surface area contributed by atoms with Crippen molar-refractivity contribution in [2.75, 3.05) is 0 Å². The first-order valence-corrected chi connectivity index (χ1v) is 4.87. The molecular formula is C13H19NO. The van der Waals surface area contributed by atoms with E-state index in [0.29, 0.717) is 12.1 Å². The molecule has 15 heavy (non-hydrogen) atoms. The second-order valence-corrected chi connectivity index (χ2v) is 3.36. The van der Waals surface area contributed by atoms with Crippen molar-refractivity contribution in [1.82, 2.24) is 0 Å². The monoisotopic (exact) mass is 205 g/mol. The van der Waals surface area contributed by atoms with Crippen molar-refractivity contribution in [3.63, 3.8) is 0 Å². The molecule has 0 unspecified atom stereocenters. The Kier molecular flexibility index (Phi) is 6.11. The smallest absolute Gasteiger partial charge is 0.135 e. The van der Waals surface area contributed by atoms with Crippen LogP contribution in [0.4, 0.5) is 0 Å². The van der Waals surface area contributed by atoms with Crippen LogP contribution >= 0.6 is 0 Å². The number of aliphatic hydroxyl groups is 1. The van der Waals surface area contributed by atoms with Gasteiger partial charge in [-0.2, -0.15) is 0 Å². The summed E-state index contributed by atoms with van der Waals surface area (Å²) in [5.74, 6) is 0.242. The highest BCUT2D eigenvalue weighted by atomic mass is 16.3. The van der Waals surface area contributed by atoms with Crippen molar-refractivity contribution in [1.29, 1.82) is 0 Å². The first kappa shape index (κ1) is 13.4. The van der Waals surface area contributed by atoms with Gasteiger partial charge >= 0.3 is 0 Å². The van der Waals surface area contributed by atoms with Crippen molar-refractivity contribution in [3.05, 3.63) is 48.4 Å². The summed E-state index contributed by atoms with van der Waals surface area (Å²) in [6.07, 6.45) is 5.89. The molecule has 2 nitrogen and oxygen atoms in total. The van der Waals surface area contributed by atoms with E-state index in [9.17, 15) is 5.11 Å². The lowest BCUT2D eigenvalue weighted by atomic mass is 10.1. The van der Waals surface area contributed by atoms with E-state index in [0.717, 1.165) is 11.3 Å². The van der Waals surface area contributed by atoms with Gasteiger partial charge in [-0.1, -0.05) is 18.7 Å². The normalized spacial score (nSPS) is 14.6. The van der Waals surface area contributed by atoms with Gasteiger partial charge < -0.3 is 5.11 Å². The average molecular weight is 205 g/mol. The summed E-state index contributed by atoms with van der Waals surface area (Å²) in [6, 6.07) is 0. The third-order valence-corrected chi connectivity index (χ3v) is 1.90. The maximum Gasteiger partial charge on any atom is 0.135 e. The second kappa shape index (κ2) is 6.82. The quantitative estimate of drug-likeness (QED) is 0.313. The molecule has 0 amide bonds. The molecule has 0 saturated carbocycles. The molecule has 0 aliphatic carbocycles. The highest BCUT2D eigenvalue weighted by Gasteiger charge is 2.02. The van der Waals surface area contributed by atoms with Crippen LogP contribution in [-0.4, -0.2) is 10.8 Å². The van der Waals surface area contributed by atoms with Crippen LogP contribution in [0.15, 0.2) is 53.4 Å². The van der Waals surface area contributed by atoms with Crippen molar-refractivity contribution in [2.24, 2.45) is 4.99 Å². The summed E-state index contributed by atoms with van der Waals surface area (Å²) in [7, 11) is 0. The summed E-state index contributed by atoms with van der Waals surface area (Å²) in [5.41, 5.74) is 2.31. The van der Waals surface area contributed by atoms with E-state index in [1.165, 1.54) is 0 Å². The van der Waals surface area contributed by atoms with E-state index in [2.05, 4.69) is 18.2 Å². The summed E-state index contributed by atoms with van der Waals surface area (Å²) in [5, 5.41) is 9.78. The van der Waals surface area contributed by atoms with E-state index in [4.69, 9.17) is 0 Å². The van der Waals surface area contributed by atoms with Crippen LogP contribution < -0.4 is 0 Å². The number of aliphatic hydroxyl groups excluding tert-OH is 1. The molecule has 0 atom stereocenters. The largest absolute Gasteiger partial charge is 0.506 e. The lowest BCUT2D eigenvalue weighted by Crippen LogP contribution is -2.00. The minimum Gasteiger partial charge on any atom is -0.506 e. The first-order chi connectivity index (χ1) is 7.02. The Morgan fingerprint density at radius 1 is 1.27 bits per heavy atom. The molecule has 0 rings (SSSR count). The van der Waals surface area contributed by atoms with Gasteiger partial charge in [0.05, 0.1) is 5.71 Å². The molecule has 0 radical (unpaired) electrons. The van der Waals surface area contributed by atoms with E-state index >= 15 is 0 Å². The zero-order chi connectivity index (χ0) is 11.8. The molecule has 0 fully saturated rings. The molecule has 82 valence electrons. The van der Waals surface area contributed by atoms with E-state index < -0.39 is 0 Å². The van der Waals surface area contributed by atoms with Crippen molar-refractivity contribution in [3.8, 4) is 0 Å². The van der Waals surface area contributed by atoms with Crippen LogP contribution in [0.1, 0.15) is 27.2 Å². The number of nitrogens with zero attached hydrogens (tertiary/aromatic N) is 1. The lowest BCUT2D eigenvalue weighted by molar-refractivity contribution is 0.434. The zero-order valence-corrected chi connectivity index (χ0v) is 9.75. The first-order valence-electron chi connectivity index (χ1n) is 4.87. The maximum absolute atomic E-state index is 9.78. The topological polar surface area (TPSA) is 32.6 Å². The fraction of sp³-hybridized carbons (Fsp3) is 0.308. The Morgan fingerprint density at radius 3 is 2.33 bits per heavy atom. The zero-order valence-electron chi connectivity index (χ0n) is 9.75. The Labute approximate surface area is 92.0 Å². The summed E-state index contributed by atoms with van der Waals surface area (Å²) in [4.78, 5) is 4.23. The average Bonchev–Trinajstić information content (AvgIpc) is 2.17. The summed E-state index contributed by atoms with van der Waals surface area (Å²) in [6.45, 7) is 12.7. The van der Waals surface area contributed by atoms with Crippen LogP contribution in [0.5, 0.6) is 0 Å². The SMILES string of the molecule is C=C/C=C(C)/N=C(C)/C(O)=C(\C)CC=C. The van der Waals surface area contributed by atoms with Crippen LogP contribution in [0.3, 0.4) is 0 Å². The number of aliphatic imine (C=N–C) groups is 1. The van der Waals surface area contributed by atoms with E-state index in [1.807, 2.05) is 13.8 Å². The third-order valence-electron chi connectivity index (χ3n) is 1.90. The molecule has 0 aromatic carbocycles. The number of hydrogen-bond acceptors (Lipinski definition) is 2. The van der Waals surface area contributed by atoms with E-state index in [1.54, 1.807) is 25.2 Å². The van der Waals surface area contributed by atoms with Crippen molar-refractivity contribution in [2.45, 2.75) is 27.2 Å². The fourth-order valence-electron chi connectivity index (χ4n) is 1.15. The van der Waals surface area contributed by atoms with Crippen LogP contribution in [0.2, 0.25) is 0 Å². The summed E-state index contributed by atoms with van der Waals surface area (Å²) >= 11 is 0. The van der Waals surface area contributed by atoms with Crippen LogP contribution in [0, 0.1) is 0 Å². The molecule has 0 heterocycles. The van der Waals surface area contributed by atoms with Gasteiger partial charge in [-0.3, -0.25) is 4.99 Å².